The zero-order valence-electron chi connectivity index (χ0n) is 9.36. The van der Waals surface area contributed by atoms with Gasteiger partial charge in [0, 0.05) is 24.1 Å². The van der Waals surface area contributed by atoms with Crippen LogP contribution in [0.3, 0.4) is 0 Å². The molecule has 0 fully saturated rings. The molecule has 1 N–H and O–H groups in total. The second kappa shape index (κ2) is 6.50. The highest BCUT2D eigenvalue weighted by Crippen LogP contribution is 2.10. The molecular formula is C10H17N3OS. The SMILES string of the molecule is CCOc1ccnc(NCC(C)SC)n1. The Kier molecular flexibility index (Phi) is 5.25. The Morgan fingerprint density at radius 3 is 3.07 bits per heavy atom. The van der Waals surface area contributed by atoms with Crippen molar-refractivity contribution < 1.29 is 4.74 Å². The molecule has 1 unspecified atom stereocenters. The van der Waals surface area contributed by atoms with Gasteiger partial charge in [0.2, 0.25) is 11.8 Å². The topological polar surface area (TPSA) is 47.0 Å². The summed E-state index contributed by atoms with van der Waals surface area (Å²) in [7, 11) is 0. The number of aromatic nitrogens is 2. The van der Waals surface area contributed by atoms with Gasteiger partial charge < -0.3 is 10.1 Å². The largest absolute Gasteiger partial charge is 0.478 e. The molecule has 4 nitrogen and oxygen atoms in total. The zero-order chi connectivity index (χ0) is 11.1. The van der Waals surface area contributed by atoms with Crippen LogP contribution in [0.1, 0.15) is 13.8 Å². The standard InChI is InChI=1S/C10H17N3OS/c1-4-14-9-5-6-11-10(13-9)12-7-8(2)15-3/h5-6,8H,4,7H2,1-3H3,(H,11,12,13). The van der Waals surface area contributed by atoms with Crippen molar-refractivity contribution in [3.63, 3.8) is 0 Å². The van der Waals surface area contributed by atoms with Crippen LogP contribution in [0.5, 0.6) is 5.88 Å². The van der Waals surface area contributed by atoms with Crippen LogP contribution in [-0.4, -0.2) is 34.6 Å². The fourth-order valence-electron chi connectivity index (χ4n) is 0.974. The van der Waals surface area contributed by atoms with Crippen LogP contribution in [-0.2, 0) is 0 Å². The van der Waals surface area contributed by atoms with E-state index in [1.165, 1.54) is 0 Å². The molecule has 0 amide bonds. The van der Waals surface area contributed by atoms with Crippen molar-refractivity contribution in [3.8, 4) is 5.88 Å². The molecule has 0 spiro atoms. The molecule has 1 atom stereocenters. The van der Waals surface area contributed by atoms with Gasteiger partial charge in [0.25, 0.3) is 0 Å². The number of ether oxygens (including phenoxy) is 1. The molecule has 1 heterocycles. The number of nitrogens with zero attached hydrogens (tertiary/aromatic N) is 2. The van der Waals surface area contributed by atoms with Crippen molar-refractivity contribution >= 4 is 17.7 Å². The summed E-state index contributed by atoms with van der Waals surface area (Å²) < 4.78 is 5.28. The molecule has 0 saturated heterocycles. The van der Waals surface area contributed by atoms with Crippen molar-refractivity contribution in [2.75, 3.05) is 24.7 Å². The molecule has 1 rings (SSSR count). The highest BCUT2D eigenvalue weighted by atomic mass is 32.2. The fraction of sp³-hybridized carbons (Fsp3) is 0.600. The Balaban J connectivity index is 2.50. The van der Waals surface area contributed by atoms with Gasteiger partial charge in [-0.3, -0.25) is 0 Å². The Hall–Kier alpha value is -0.970. The first-order valence-corrected chi connectivity index (χ1v) is 6.27. The third-order valence-electron chi connectivity index (χ3n) is 1.87. The second-order valence-corrected chi connectivity index (χ2v) is 4.35. The predicted molar refractivity (Wildman–Crippen MR) is 64.7 cm³/mol. The lowest BCUT2D eigenvalue weighted by Gasteiger charge is -2.10. The van der Waals surface area contributed by atoms with E-state index in [9.17, 15) is 0 Å². The van der Waals surface area contributed by atoms with E-state index in [1.807, 2.05) is 18.7 Å². The average molecular weight is 227 g/mol. The Morgan fingerprint density at radius 2 is 2.40 bits per heavy atom. The summed E-state index contributed by atoms with van der Waals surface area (Å²) >= 11 is 1.81. The van der Waals surface area contributed by atoms with Crippen LogP contribution < -0.4 is 10.1 Å². The highest BCUT2D eigenvalue weighted by Gasteiger charge is 2.02. The first-order valence-electron chi connectivity index (χ1n) is 4.98. The number of thioether (sulfide) groups is 1. The average Bonchev–Trinajstić information content (AvgIpc) is 2.27. The molecule has 0 aromatic carbocycles. The van der Waals surface area contributed by atoms with Gasteiger partial charge in [0.15, 0.2) is 0 Å². The maximum absolute atomic E-state index is 5.28. The second-order valence-electron chi connectivity index (χ2n) is 3.08. The molecule has 0 bridgehead atoms. The minimum atomic E-state index is 0.546. The van der Waals surface area contributed by atoms with E-state index in [4.69, 9.17) is 4.74 Å². The van der Waals surface area contributed by atoms with Crippen LogP contribution in [0.2, 0.25) is 0 Å². The van der Waals surface area contributed by atoms with E-state index >= 15 is 0 Å². The number of hydrogen-bond donors (Lipinski definition) is 1. The maximum atomic E-state index is 5.28. The van der Waals surface area contributed by atoms with E-state index in [1.54, 1.807) is 12.3 Å². The summed E-state index contributed by atoms with van der Waals surface area (Å²) in [5, 5.41) is 3.72. The molecule has 0 aliphatic carbocycles. The lowest BCUT2D eigenvalue weighted by Crippen LogP contribution is -2.14. The molecule has 0 radical (unpaired) electrons. The maximum Gasteiger partial charge on any atom is 0.225 e. The first kappa shape index (κ1) is 12.1. The number of nitrogens with one attached hydrogen (secondary N) is 1. The van der Waals surface area contributed by atoms with Crippen LogP contribution in [0.25, 0.3) is 0 Å². The molecular weight excluding hydrogens is 210 g/mol. The van der Waals surface area contributed by atoms with Crippen LogP contribution >= 0.6 is 11.8 Å². The molecule has 0 saturated carbocycles. The summed E-state index contributed by atoms with van der Waals surface area (Å²) in [5.41, 5.74) is 0. The van der Waals surface area contributed by atoms with Gasteiger partial charge in [-0.1, -0.05) is 6.92 Å². The van der Waals surface area contributed by atoms with E-state index in [0.29, 0.717) is 23.7 Å². The van der Waals surface area contributed by atoms with Gasteiger partial charge in [0.05, 0.1) is 6.61 Å². The predicted octanol–water partition coefficient (Wildman–Crippen LogP) is 2.04. The summed E-state index contributed by atoms with van der Waals surface area (Å²) in [6, 6.07) is 1.76. The zero-order valence-corrected chi connectivity index (χ0v) is 10.2. The van der Waals surface area contributed by atoms with Crippen LogP contribution in [0.15, 0.2) is 12.3 Å². The third kappa shape index (κ3) is 4.38. The lowest BCUT2D eigenvalue weighted by atomic mass is 10.5. The number of hydrogen-bond acceptors (Lipinski definition) is 5. The summed E-state index contributed by atoms with van der Waals surface area (Å²) in [5.74, 6) is 1.24. The monoisotopic (exact) mass is 227 g/mol. The van der Waals surface area contributed by atoms with Gasteiger partial charge in [-0.15, -0.1) is 0 Å². The lowest BCUT2D eigenvalue weighted by molar-refractivity contribution is 0.326. The number of anilines is 1. The smallest absolute Gasteiger partial charge is 0.225 e. The van der Waals surface area contributed by atoms with Crippen molar-refractivity contribution in [1.82, 2.24) is 9.97 Å². The van der Waals surface area contributed by atoms with Gasteiger partial charge in [-0.05, 0) is 13.2 Å². The first-order chi connectivity index (χ1) is 7.26. The van der Waals surface area contributed by atoms with E-state index < -0.39 is 0 Å². The Morgan fingerprint density at radius 1 is 1.60 bits per heavy atom. The molecule has 15 heavy (non-hydrogen) atoms. The van der Waals surface area contributed by atoms with Gasteiger partial charge >= 0.3 is 0 Å². The minimum Gasteiger partial charge on any atom is -0.478 e. The number of rotatable bonds is 6. The summed E-state index contributed by atoms with van der Waals surface area (Å²) in [6.07, 6.45) is 3.79. The van der Waals surface area contributed by atoms with Crippen molar-refractivity contribution in [1.29, 1.82) is 0 Å². The Bertz CT molecular complexity index is 296. The van der Waals surface area contributed by atoms with E-state index in [-0.39, 0.29) is 0 Å². The van der Waals surface area contributed by atoms with Crippen LogP contribution in [0.4, 0.5) is 5.95 Å². The molecule has 1 aromatic heterocycles. The highest BCUT2D eigenvalue weighted by molar-refractivity contribution is 7.99. The summed E-state index contributed by atoms with van der Waals surface area (Å²) in [6.45, 7) is 5.57. The van der Waals surface area contributed by atoms with Crippen molar-refractivity contribution in [2.45, 2.75) is 19.1 Å². The molecule has 1 aromatic rings. The summed E-state index contributed by atoms with van der Waals surface area (Å²) in [4.78, 5) is 8.33. The molecule has 0 aliphatic rings. The quantitative estimate of drug-likeness (QED) is 0.806. The van der Waals surface area contributed by atoms with E-state index in [2.05, 4.69) is 28.5 Å². The molecule has 5 heteroatoms. The van der Waals surface area contributed by atoms with Crippen molar-refractivity contribution in [2.24, 2.45) is 0 Å². The van der Waals surface area contributed by atoms with E-state index in [0.717, 1.165) is 6.54 Å². The third-order valence-corrected chi connectivity index (χ3v) is 2.84. The Labute approximate surface area is 94.8 Å². The molecule has 84 valence electrons. The van der Waals surface area contributed by atoms with Gasteiger partial charge in [-0.25, -0.2) is 4.98 Å². The molecule has 0 aliphatic heterocycles. The van der Waals surface area contributed by atoms with Crippen LogP contribution in [0, 0.1) is 0 Å². The van der Waals surface area contributed by atoms with Gasteiger partial charge in [0.1, 0.15) is 0 Å². The van der Waals surface area contributed by atoms with Crippen molar-refractivity contribution in [3.05, 3.63) is 12.3 Å². The fourth-order valence-corrected chi connectivity index (χ4v) is 1.22. The minimum absolute atomic E-state index is 0.546. The van der Waals surface area contributed by atoms with Gasteiger partial charge in [-0.2, -0.15) is 16.7 Å². The normalized spacial score (nSPS) is 12.2.